The summed E-state index contributed by atoms with van der Waals surface area (Å²) < 4.78 is 36.5. The number of rotatable bonds is 18. The summed E-state index contributed by atoms with van der Waals surface area (Å²) in [5.41, 5.74) is 1.07. The van der Waals surface area contributed by atoms with E-state index in [1.54, 1.807) is 0 Å². The number of benzene rings is 2. The second-order valence-electron chi connectivity index (χ2n) is 13.8. The third kappa shape index (κ3) is 12.5. The van der Waals surface area contributed by atoms with Crippen molar-refractivity contribution in [2.45, 2.75) is 102 Å². The Balaban J connectivity index is 1.48. The SMILES string of the molecule is CN[C@@H](CC(C)(C)F)C(=O)O[C@H](Cc1ccc(C2CCOCC2)cc1)C(=O)N(C)[C@@H](CCC1CC1)C(=O)OCC(=O)OCc1ccccc1. The van der Waals surface area contributed by atoms with Gasteiger partial charge in [0.15, 0.2) is 12.7 Å². The molecule has 2 aliphatic rings. The Morgan fingerprint density at radius 3 is 2.22 bits per heavy atom. The number of likely N-dealkylation sites (N-methyl/N-ethyl adjacent to an activating group) is 2. The topological polar surface area (TPSA) is 120 Å². The average Bonchev–Trinajstić information content (AvgIpc) is 3.93. The van der Waals surface area contributed by atoms with Crippen molar-refractivity contribution in [1.82, 2.24) is 10.2 Å². The first-order chi connectivity index (χ1) is 23.4. The number of nitrogens with zero attached hydrogens (tertiary/aromatic N) is 1. The lowest BCUT2D eigenvalue weighted by Crippen LogP contribution is -2.51. The molecule has 3 atom stereocenters. The number of hydrogen-bond donors (Lipinski definition) is 1. The molecule has 1 aliphatic carbocycles. The largest absolute Gasteiger partial charge is 0.458 e. The highest BCUT2D eigenvalue weighted by atomic mass is 19.1. The van der Waals surface area contributed by atoms with Crippen molar-refractivity contribution in [3.8, 4) is 0 Å². The van der Waals surface area contributed by atoms with Crippen LogP contribution >= 0.6 is 0 Å². The van der Waals surface area contributed by atoms with Gasteiger partial charge in [0.25, 0.3) is 5.91 Å². The van der Waals surface area contributed by atoms with Gasteiger partial charge in [-0.25, -0.2) is 14.0 Å². The van der Waals surface area contributed by atoms with Crippen LogP contribution in [0.25, 0.3) is 0 Å². The molecule has 1 amide bonds. The lowest BCUT2D eigenvalue weighted by Gasteiger charge is -2.31. The molecule has 0 spiro atoms. The van der Waals surface area contributed by atoms with Gasteiger partial charge in [0.1, 0.15) is 24.4 Å². The predicted molar refractivity (Wildman–Crippen MR) is 181 cm³/mol. The van der Waals surface area contributed by atoms with Gasteiger partial charge in [-0.3, -0.25) is 9.59 Å². The maximum atomic E-state index is 14.5. The van der Waals surface area contributed by atoms with Crippen LogP contribution in [0.3, 0.4) is 0 Å². The monoisotopic (exact) mass is 682 g/mol. The first-order valence-electron chi connectivity index (χ1n) is 17.3. The molecule has 11 heteroatoms. The van der Waals surface area contributed by atoms with Crippen LogP contribution in [0, 0.1) is 5.92 Å². The van der Waals surface area contributed by atoms with Crippen LogP contribution in [0.2, 0.25) is 0 Å². The fourth-order valence-electron chi connectivity index (χ4n) is 6.02. The number of hydrogen-bond acceptors (Lipinski definition) is 9. The third-order valence-electron chi connectivity index (χ3n) is 9.16. The molecule has 4 rings (SSSR count). The Kier molecular flexibility index (Phi) is 14.1. The van der Waals surface area contributed by atoms with E-state index in [0.29, 0.717) is 37.9 Å². The molecule has 1 N–H and O–H groups in total. The Morgan fingerprint density at radius 2 is 1.61 bits per heavy atom. The standard InChI is InChI=1S/C38H51FN2O8/c1-38(2,39)23-31(40-3)36(44)49-33(22-27-12-15-29(16-13-27)30-18-20-46-21-19-30)35(43)41(4)32(17-14-26-10-11-26)37(45)48-25-34(42)47-24-28-8-6-5-7-9-28/h5-9,12-13,15-16,26,30-33,40H,10-11,14,17-25H2,1-4H3/t31-,32-,33+/m0/s1. The summed E-state index contributed by atoms with van der Waals surface area (Å²) in [6.07, 6.45) is 3.57. The van der Waals surface area contributed by atoms with Gasteiger partial charge in [-0.05, 0) is 75.1 Å². The number of esters is 3. The highest BCUT2D eigenvalue weighted by Gasteiger charge is 2.37. The fourth-order valence-corrected chi connectivity index (χ4v) is 6.02. The van der Waals surface area contributed by atoms with Crippen molar-refractivity contribution in [2.75, 3.05) is 33.9 Å². The average molecular weight is 683 g/mol. The molecule has 2 aromatic rings. The van der Waals surface area contributed by atoms with Gasteiger partial charge in [0, 0.05) is 33.1 Å². The summed E-state index contributed by atoms with van der Waals surface area (Å²) >= 11 is 0. The van der Waals surface area contributed by atoms with Crippen LogP contribution in [-0.2, 0) is 51.2 Å². The van der Waals surface area contributed by atoms with Crippen LogP contribution in [0.15, 0.2) is 54.6 Å². The smallest absolute Gasteiger partial charge is 0.344 e. The number of halogens is 1. The number of carbonyl (C=O) groups is 4. The minimum absolute atomic E-state index is 0.0387. The van der Waals surface area contributed by atoms with Crippen molar-refractivity contribution in [3.63, 3.8) is 0 Å². The van der Waals surface area contributed by atoms with E-state index in [0.717, 1.165) is 36.8 Å². The highest BCUT2D eigenvalue weighted by Crippen LogP contribution is 2.34. The van der Waals surface area contributed by atoms with Crippen molar-refractivity contribution >= 4 is 23.8 Å². The van der Waals surface area contributed by atoms with Gasteiger partial charge < -0.3 is 29.2 Å². The molecule has 10 nitrogen and oxygen atoms in total. The zero-order chi connectivity index (χ0) is 35.4. The van der Waals surface area contributed by atoms with E-state index in [2.05, 4.69) is 5.32 Å². The molecule has 0 radical (unpaired) electrons. The van der Waals surface area contributed by atoms with Crippen molar-refractivity contribution in [2.24, 2.45) is 5.92 Å². The zero-order valence-electron chi connectivity index (χ0n) is 29.2. The third-order valence-corrected chi connectivity index (χ3v) is 9.16. The number of alkyl halides is 1. The lowest BCUT2D eigenvalue weighted by atomic mass is 9.90. The maximum absolute atomic E-state index is 14.5. The van der Waals surface area contributed by atoms with E-state index in [-0.39, 0.29) is 19.4 Å². The van der Waals surface area contributed by atoms with E-state index in [9.17, 15) is 23.6 Å². The Labute approximate surface area is 289 Å². The number of amides is 1. The van der Waals surface area contributed by atoms with E-state index in [1.165, 1.54) is 38.4 Å². The van der Waals surface area contributed by atoms with Crippen LogP contribution in [0.4, 0.5) is 4.39 Å². The van der Waals surface area contributed by atoms with Gasteiger partial charge in [-0.1, -0.05) is 67.4 Å². The van der Waals surface area contributed by atoms with Gasteiger partial charge in [0.2, 0.25) is 0 Å². The lowest BCUT2D eigenvalue weighted by molar-refractivity contribution is -0.169. The molecule has 1 saturated heterocycles. The summed E-state index contributed by atoms with van der Waals surface area (Å²) in [5.74, 6) is -1.97. The Hall–Kier alpha value is -3.83. The van der Waals surface area contributed by atoms with Crippen LogP contribution in [0.5, 0.6) is 0 Å². The summed E-state index contributed by atoms with van der Waals surface area (Å²) in [6, 6.07) is 15.0. The molecule has 0 aromatic heterocycles. The minimum atomic E-state index is -1.66. The summed E-state index contributed by atoms with van der Waals surface area (Å²) in [7, 11) is 3.01. The van der Waals surface area contributed by atoms with Crippen molar-refractivity contribution < 1.29 is 42.5 Å². The van der Waals surface area contributed by atoms with Gasteiger partial charge >= 0.3 is 17.9 Å². The molecule has 0 bridgehead atoms. The zero-order valence-corrected chi connectivity index (χ0v) is 29.2. The van der Waals surface area contributed by atoms with Gasteiger partial charge in [0.05, 0.1) is 0 Å². The fraction of sp³-hybridized carbons (Fsp3) is 0.579. The van der Waals surface area contributed by atoms with Crippen molar-refractivity contribution in [3.05, 3.63) is 71.3 Å². The van der Waals surface area contributed by atoms with E-state index in [4.69, 9.17) is 18.9 Å². The normalized spacial score (nSPS) is 17.0. The number of nitrogens with one attached hydrogen (secondary N) is 1. The number of ether oxygens (including phenoxy) is 4. The molecule has 2 aromatic carbocycles. The predicted octanol–water partition coefficient (Wildman–Crippen LogP) is 5.06. The minimum Gasteiger partial charge on any atom is -0.458 e. The second-order valence-corrected chi connectivity index (χ2v) is 13.8. The number of carbonyl (C=O) groups excluding carboxylic acids is 4. The van der Waals surface area contributed by atoms with Gasteiger partial charge in [-0.2, -0.15) is 0 Å². The van der Waals surface area contributed by atoms with Crippen LogP contribution < -0.4 is 5.32 Å². The molecule has 268 valence electrons. The second kappa shape index (κ2) is 18.2. The van der Waals surface area contributed by atoms with Crippen LogP contribution in [0.1, 0.15) is 81.4 Å². The quantitative estimate of drug-likeness (QED) is 0.170. The van der Waals surface area contributed by atoms with Crippen LogP contribution in [-0.4, -0.2) is 86.5 Å². The maximum Gasteiger partial charge on any atom is 0.344 e. The molecule has 0 unspecified atom stereocenters. The molecule has 1 aliphatic heterocycles. The van der Waals surface area contributed by atoms with E-state index >= 15 is 0 Å². The summed E-state index contributed by atoms with van der Waals surface area (Å²) in [4.78, 5) is 54.5. The molecular weight excluding hydrogens is 631 g/mol. The van der Waals surface area contributed by atoms with E-state index < -0.39 is 54.3 Å². The summed E-state index contributed by atoms with van der Waals surface area (Å²) in [6.45, 7) is 3.61. The Bertz CT molecular complexity index is 1370. The van der Waals surface area contributed by atoms with Crippen molar-refractivity contribution in [1.29, 1.82) is 0 Å². The van der Waals surface area contributed by atoms with E-state index in [1.807, 2.05) is 54.6 Å². The molecule has 2 fully saturated rings. The summed E-state index contributed by atoms with van der Waals surface area (Å²) in [5, 5.41) is 2.80. The molecule has 1 heterocycles. The Morgan fingerprint density at radius 1 is 0.939 bits per heavy atom. The molecule has 1 saturated carbocycles. The molecular formula is C38H51FN2O8. The first-order valence-corrected chi connectivity index (χ1v) is 17.3. The molecule has 49 heavy (non-hydrogen) atoms. The highest BCUT2D eigenvalue weighted by molar-refractivity contribution is 5.89. The first kappa shape index (κ1) is 38.0. The van der Waals surface area contributed by atoms with Gasteiger partial charge in [-0.15, -0.1) is 0 Å².